The topological polar surface area (TPSA) is 54.9 Å². The zero-order valence-electron chi connectivity index (χ0n) is 13.7. The lowest BCUT2D eigenvalue weighted by molar-refractivity contribution is 0.550. The van der Waals surface area contributed by atoms with Crippen LogP contribution in [0.3, 0.4) is 0 Å². The molecule has 1 aliphatic rings. The van der Waals surface area contributed by atoms with Crippen molar-refractivity contribution in [1.82, 2.24) is 9.55 Å². The van der Waals surface area contributed by atoms with Gasteiger partial charge in [-0.1, -0.05) is 26.7 Å². The Hall–Kier alpha value is -0.970. The van der Waals surface area contributed by atoms with Gasteiger partial charge in [0, 0.05) is 24.1 Å². The molecule has 0 radical (unpaired) electrons. The summed E-state index contributed by atoms with van der Waals surface area (Å²) in [5, 5.41) is 0.858. The van der Waals surface area contributed by atoms with E-state index in [4.69, 9.17) is 0 Å². The lowest BCUT2D eigenvalue weighted by Gasteiger charge is -2.14. The third-order valence-corrected chi connectivity index (χ3v) is 6.20. The molecule has 0 aliphatic heterocycles. The maximum Gasteiger partial charge on any atom is 0.328 e. The van der Waals surface area contributed by atoms with Gasteiger partial charge in [0.2, 0.25) is 0 Å². The van der Waals surface area contributed by atoms with E-state index in [1.807, 2.05) is 0 Å². The molecule has 1 aromatic heterocycles. The monoisotopic (exact) mass is 324 g/mol. The van der Waals surface area contributed by atoms with Crippen LogP contribution in [0.1, 0.15) is 52.4 Å². The Balaban J connectivity index is 1.57. The van der Waals surface area contributed by atoms with Crippen LogP contribution in [0.5, 0.6) is 0 Å². The summed E-state index contributed by atoms with van der Waals surface area (Å²) in [5.74, 6) is 3.01. The minimum absolute atomic E-state index is 0.205. The zero-order chi connectivity index (χ0) is 15.9. The highest BCUT2D eigenvalue weighted by Gasteiger charge is 2.28. The third kappa shape index (κ3) is 5.04. The average Bonchev–Trinajstić information content (AvgIpc) is 2.78. The standard InChI is InChI=1S/C17H28N2O2S/c1-13-11-14(2)15(12-13)22-10-6-4-3-5-9-19-16(20)7-8-18-17(19)21/h7-8,13-15H,3-6,9-12H2,1-2H3,(H,18,21). The fourth-order valence-corrected chi connectivity index (χ4v) is 4.95. The van der Waals surface area contributed by atoms with Gasteiger partial charge in [0.25, 0.3) is 5.56 Å². The van der Waals surface area contributed by atoms with Crippen LogP contribution < -0.4 is 11.2 Å². The molecule has 1 saturated carbocycles. The minimum atomic E-state index is -0.299. The number of rotatable bonds is 8. The number of H-pyrrole nitrogens is 1. The quantitative estimate of drug-likeness (QED) is 0.747. The number of nitrogens with zero attached hydrogens (tertiary/aromatic N) is 1. The van der Waals surface area contributed by atoms with Crippen LogP contribution in [0.15, 0.2) is 21.9 Å². The van der Waals surface area contributed by atoms with Crippen molar-refractivity contribution in [3.8, 4) is 0 Å². The Morgan fingerprint density at radius 3 is 2.64 bits per heavy atom. The lowest BCUT2D eigenvalue weighted by Crippen LogP contribution is -2.33. The molecule has 0 spiro atoms. The zero-order valence-corrected chi connectivity index (χ0v) is 14.5. The Morgan fingerprint density at radius 1 is 1.18 bits per heavy atom. The van der Waals surface area contributed by atoms with Gasteiger partial charge in [-0.05, 0) is 43.3 Å². The van der Waals surface area contributed by atoms with Gasteiger partial charge in [0.1, 0.15) is 0 Å². The summed E-state index contributed by atoms with van der Waals surface area (Å²) >= 11 is 2.14. The van der Waals surface area contributed by atoms with E-state index in [9.17, 15) is 9.59 Å². The first-order valence-corrected chi connectivity index (χ1v) is 9.53. The van der Waals surface area contributed by atoms with E-state index < -0.39 is 0 Å². The van der Waals surface area contributed by atoms with Crippen molar-refractivity contribution in [3.05, 3.63) is 33.1 Å². The second kappa shape index (κ2) is 8.61. The Bertz CT molecular complexity index is 538. The van der Waals surface area contributed by atoms with Gasteiger partial charge in [-0.15, -0.1) is 0 Å². The van der Waals surface area contributed by atoms with E-state index in [1.54, 1.807) is 0 Å². The molecule has 1 heterocycles. The lowest BCUT2D eigenvalue weighted by atomic mass is 10.1. The molecule has 1 aliphatic carbocycles. The van der Waals surface area contributed by atoms with Crippen molar-refractivity contribution in [3.63, 3.8) is 0 Å². The minimum Gasteiger partial charge on any atom is -0.314 e. The Kier molecular flexibility index (Phi) is 6.80. The van der Waals surface area contributed by atoms with Crippen molar-refractivity contribution in [2.45, 2.75) is 64.2 Å². The van der Waals surface area contributed by atoms with Gasteiger partial charge in [-0.2, -0.15) is 11.8 Å². The van der Waals surface area contributed by atoms with Crippen molar-refractivity contribution >= 4 is 11.8 Å². The predicted molar refractivity (Wildman–Crippen MR) is 93.6 cm³/mol. The van der Waals surface area contributed by atoms with Crippen molar-refractivity contribution in [2.24, 2.45) is 11.8 Å². The molecule has 0 amide bonds. The molecule has 1 aromatic rings. The molecule has 4 nitrogen and oxygen atoms in total. The van der Waals surface area contributed by atoms with Crippen LogP contribution in [0.25, 0.3) is 0 Å². The van der Waals surface area contributed by atoms with Crippen LogP contribution >= 0.6 is 11.8 Å². The van der Waals surface area contributed by atoms with Crippen LogP contribution in [0, 0.1) is 11.8 Å². The summed E-state index contributed by atoms with van der Waals surface area (Å²) in [6.07, 6.45) is 8.57. The van der Waals surface area contributed by atoms with Crippen molar-refractivity contribution in [1.29, 1.82) is 0 Å². The molecule has 5 heteroatoms. The van der Waals surface area contributed by atoms with Gasteiger partial charge in [0.05, 0.1) is 0 Å². The SMILES string of the molecule is CC1CC(C)C(SCCCCCCn2c(=O)cc[nH]c2=O)C1. The molecule has 124 valence electrons. The normalized spacial score (nSPS) is 24.7. The summed E-state index contributed by atoms with van der Waals surface area (Å²) in [5.41, 5.74) is -0.504. The number of nitrogens with one attached hydrogen (secondary N) is 1. The fourth-order valence-electron chi connectivity index (χ4n) is 3.37. The Labute approximate surface area is 136 Å². The second-order valence-electron chi connectivity index (χ2n) is 6.65. The van der Waals surface area contributed by atoms with E-state index in [2.05, 4.69) is 30.6 Å². The summed E-state index contributed by atoms with van der Waals surface area (Å²) in [4.78, 5) is 25.6. The first-order valence-electron chi connectivity index (χ1n) is 8.48. The van der Waals surface area contributed by atoms with Gasteiger partial charge in [0.15, 0.2) is 0 Å². The highest BCUT2D eigenvalue weighted by atomic mass is 32.2. The average molecular weight is 324 g/mol. The van der Waals surface area contributed by atoms with Crippen LogP contribution in [-0.4, -0.2) is 20.6 Å². The summed E-state index contributed by atoms with van der Waals surface area (Å²) in [7, 11) is 0. The molecular weight excluding hydrogens is 296 g/mol. The molecule has 0 aromatic carbocycles. The molecule has 22 heavy (non-hydrogen) atoms. The maximum atomic E-state index is 11.6. The van der Waals surface area contributed by atoms with Crippen LogP contribution in [-0.2, 0) is 6.54 Å². The van der Waals surface area contributed by atoms with E-state index in [0.717, 1.165) is 29.9 Å². The maximum absolute atomic E-state index is 11.6. The van der Waals surface area contributed by atoms with E-state index in [1.165, 1.54) is 48.3 Å². The van der Waals surface area contributed by atoms with E-state index in [-0.39, 0.29) is 11.2 Å². The largest absolute Gasteiger partial charge is 0.328 e. The van der Waals surface area contributed by atoms with E-state index >= 15 is 0 Å². The molecule has 1 N–H and O–H groups in total. The van der Waals surface area contributed by atoms with Gasteiger partial charge in [-0.25, -0.2) is 4.79 Å². The smallest absolute Gasteiger partial charge is 0.314 e. The second-order valence-corrected chi connectivity index (χ2v) is 8.00. The van der Waals surface area contributed by atoms with Crippen molar-refractivity contribution in [2.75, 3.05) is 5.75 Å². The summed E-state index contributed by atoms with van der Waals surface area (Å²) < 4.78 is 1.29. The Morgan fingerprint density at radius 2 is 1.95 bits per heavy atom. The molecular formula is C17H28N2O2S. The van der Waals surface area contributed by atoms with Crippen LogP contribution in [0.4, 0.5) is 0 Å². The molecule has 0 bridgehead atoms. The molecule has 0 saturated heterocycles. The molecule has 1 fully saturated rings. The first-order chi connectivity index (χ1) is 10.6. The molecule has 2 rings (SSSR count). The summed E-state index contributed by atoms with van der Waals surface area (Å²) in [6.45, 7) is 5.28. The number of hydrogen-bond donors (Lipinski definition) is 1. The number of aromatic amines is 1. The van der Waals surface area contributed by atoms with Crippen molar-refractivity contribution < 1.29 is 0 Å². The predicted octanol–water partition coefficient (Wildman–Crippen LogP) is 3.26. The van der Waals surface area contributed by atoms with Crippen LogP contribution in [0.2, 0.25) is 0 Å². The number of hydrogen-bond acceptors (Lipinski definition) is 3. The van der Waals surface area contributed by atoms with Gasteiger partial charge in [-0.3, -0.25) is 9.36 Å². The highest BCUT2D eigenvalue weighted by molar-refractivity contribution is 7.99. The van der Waals surface area contributed by atoms with E-state index in [0.29, 0.717) is 6.54 Å². The number of aromatic nitrogens is 2. The van der Waals surface area contributed by atoms with Gasteiger partial charge < -0.3 is 4.98 Å². The first kappa shape index (κ1) is 17.4. The third-order valence-electron chi connectivity index (χ3n) is 4.60. The molecule has 3 unspecified atom stereocenters. The fraction of sp³-hybridized carbons (Fsp3) is 0.765. The number of unbranched alkanes of at least 4 members (excludes halogenated alkanes) is 3. The summed E-state index contributed by atoms with van der Waals surface area (Å²) in [6, 6.07) is 1.40. The van der Waals surface area contributed by atoms with Gasteiger partial charge >= 0.3 is 5.69 Å². The number of thioether (sulfide) groups is 1. The molecule has 3 atom stereocenters. The highest BCUT2D eigenvalue weighted by Crippen LogP contribution is 2.38.